The van der Waals surface area contributed by atoms with Crippen molar-refractivity contribution in [2.45, 2.75) is 20.0 Å². The fourth-order valence-electron chi connectivity index (χ4n) is 1.95. The maximum Gasteiger partial charge on any atom is 0.125 e. The Bertz CT molecular complexity index is 552. The smallest absolute Gasteiger partial charge is 0.125 e. The van der Waals surface area contributed by atoms with Gasteiger partial charge in [-0.2, -0.15) is 0 Å². The van der Waals surface area contributed by atoms with E-state index in [1.165, 1.54) is 5.56 Å². The average Bonchev–Trinajstić information content (AvgIpc) is 2.45. The summed E-state index contributed by atoms with van der Waals surface area (Å²) in [6, 6.07) is 14.0. The molecule has 3 heteroatoms. The van der Waals surface area contributed by atoms with Crippen molar-refractivity contribution in [1.82, 2.24) is 0 Å². The number of benzene rings is 2. The molecule has 0 saturated carbocycles. The first-order chi connectivity index (χ1) is 9.24. The van der Waals surface area contributed by atoms with Crippen LogP contribution in [0.5, 0.6) is 11.5 Å². The Morgan fingerprint density at radius 1 is 1.00 bits per heavy atom. The molecule has 0 unspecified atom stereocenters. The monoisotopic (exact) mass is 320 g/mol. The fraction of sp³-hybridized carbons (Fsp3) is 0.250. The van der Waals surface area contributed by atoms with Crippen LogP contribution in [0.1, 0.15) is 18.1 Å². The van der Waals surface area contributed by atoms with Crippen molar-refractivity contribution >= 4 is 15.9 Å². The highest BCUT2D eigenvalue weighted by Gasteiger charge is 2.06. The van der Waals surface area contributed by atoms with Crippen molar-refractivity contribution in [3.63, 3.8) is 0 Å². The molecule has 0 bridgehead atoms. The summed E-state index contributed by atoms with van der Waals surface area (Å²) in [6.45, 7) is 2.63. The summed E-state index contributed by atoms with van der Waals surface area (Å²) in [4.78, 5) is 0. The summed E-state index contributed by atoms with van der Waals surface area (Å²) in [5.41, 5.74) is 2.25. The Kier molecular flexibility index (Phi) is 4.86. The first kappa shape index (κ1) is 13.9. The third-order valence-corrected chi connectivity index (χ3v) is 3.47. The molecule has 2 rings (SSSR count). The fourth-order valence-corrected chi connectivity index (χ4v) is 2.36. The normalized spacial score (nSPS) is 10.3. The van der Waals surface area contributed by atoms with Crippen LogP contribution in [0.3, 0.4) is 0 Å². The van der Waals surface area contributed by atoms with Gasteiger partial charge in [-0.05, 0) is 36.2 Å². The van der Waals surface area contributed by atoms with Crippen LogP contribution in [0.15, 0.2) is 46.9 Å². The Labute approximate surface area is 122 Å². The number of ether oxygens (including phenoxy) is 2. The highest BCUT2D eigenvalue weighted by atomic mass is 79.9. The van der Waals surface area contributed by atoms with Crippen molar-refractivity contribution in [1.29, 1.82) is 0 Å². The first-order valence-electron chi connectivity index (χ1n) is 6.27. The molecule has 2 aromatic carbocycles. The van der Waals surface area contributed by atoms with E-state index >= 15 is 0 Å². The van der Waals surface area contributed by atoms with Gasteiger partial charge in [-0.25, -0.2) is 0 Å². The van der Waals surface area contributed by atoms with Gasteiger partial charge in [-0.3, -0.25) is 0 Å². The van der Waals surface area contributed by atoms with E-state index in [1.54, 1.807) is 7.11 Å². The molecule has 0 aliphatic heterocycles. The molecule has 0 N–H and O–H groups in total. The van der Waals surface area contributed by atoms with Gasteiger partial charge in [0.25, 0.3) is 0 Å². The molecule has 0 aliphatic rings. The van der Waals surface area contributed by atoms with Gasteiger partial charge < -0.3 is 9.47 Å². The first-order valence-corrected chi connectivity index (χ1v) is 7.07. The van der Waals surface area contributed by atoms with Gasteiger partial charge in [0.15, 0.2) is 0 Å². The molecule has 0 radical (unpaired) electrons. The van der Waals surface area contributed by atoms with E-state index < -0.39 is 0 Å². The van der Waals surface area contributed by atoms with Crippen LogP contribution in [-0.2, 0) is 13.0 Å². The Balaban J connectivity index is 2.16. The minimum Gasteiger partial charge on any atom is -0.496 e. The van der Waals surface area contributed by atoms with Gasteiger partial charge in [0.05, 0.1) is 7.11 Å². The number of hydrogen-bond acceptors (Lipinski definition) is 2. The van der Waals surface area contributed by atoms with Crippen molar-refractivity contribution in [3.05, 3.63) is 58.1 Å². The minimum absolute atomic E-state index is 0.500. The van der Waals surface area contributed by atoms with Crippen LogP contribution in [0.25, 0.3) is 0 Å². The zero-order valence-electron chi connectivity index (χ0n) is 11.2. The molecular formula is C16H17BrO2. The van der Waals surface area contributed by atoms with Crippen molar-refractivity contribution in [2.75, 3.05) is 7.11 Å². The number of aryl methyl sites for hydroxylation is 1. The topological polar surface area (TPSA) is 18.5 Å². The number of hydrogen-bond donors (Lipinski definition) is 0. The summed E-state index contributed by atoms with van der Waals surface area (Å²) in [5, 5.41) is 0. The van der Waals surface area contributed by atoms with E-state index in [2.05, 4.69) is 28.9 Å². The Morgan fingerprint density at radius 2 is 1.79 bits per heavy atom. The highest BCUT2D eigenvalue weighted by Crippen LogP contribution is 2.26. The molecule has 2 aromatic rings. The number of rotatable bonds is 5. The van der Waals surface area contributed by atoms with Gasteiger partial charge in [0, 0.05) is 10.0 Å². The lowest BCUT2D eigenvalue weighted by Crippen LogP contribution is -2.00. The molecule has 19 heavy (non-hydrogen) atoms. The van der Waals surface area contributed by atoms with Crippen molar-refractivity contribution in [3.8, 4) is 11.5 Å². The van der Waals surface area contributed by atoms with Crippen LogP contribution in [-0.4, -0.2) is 7.11 Å². The lowest BCUT2D eigenvalue weighted by Gasteiger charge is -2.13. The second-order valence-corrected chi connectivity index (χ2v) is 5.12. The zero-order chi connectivity index (χ0) is 13.7. The molecule has 0 heterocycles. The van der Waals surface area contributed by atoms with E-state index in [-0.39, 0.29) is 0 Å². The quantitative estimate of drug-likeness (QED) is 0.801. The van der Waals surface area contributed by atoms with E-state index in [0.29, 0.717) is 6.61 Å². The second kappa shape index (κ2) is 6.62. The minimum atomic E-state index is 0.500. The summed E-state index contributed by atoms with van der Waals surface area (Å²) in [5.74, 6) is 1.78. The van der Waals surface area contributed by atoms with Crippen molar-refractivity contribution in [2.24, 2.45) is 0 Å². The van der Waals surface area contributed by atoms with Crippen LogP contribution in [0.2, 0.25) is 0 Å². The zero-order valence-corrected chi connectivity index (χ0v) is 12.7. The van der Waals surface area contributed by atoms with E-state index in [9.17, 15) is 0 Å². The molecule has 100 valence electrons. The summed E-state index contributed by atoms with van der Waals surface area (Å²) >= 11 is 3.47. The molecule has 0 saturated heterocycles. The average molecular weight is 321 g/mol. The lowest BCUT2D eigenvalue weighted by molar-refractivity contribution is 0.294. The van der Waals surface area contributed by atoms with Gasteiger partial charge in [-0.1, -0.05) is 41.1 Å². The maximum atomic E-state index is 5.91. The van der Waals surface area contributed by atoms with Crippen LogP contribution < -0.4 is 9.47 Å². The molecule has 0 aliphatic carbocycles. The number of para-hydroxylation sites is 1. The Morgan fingerprint density at radius 3 is 2.53 bits per heavy atom. The second-order valence-electron chi connectivity index (χ2n) is 4.21. The molecule has 0 amide bonds. The SMILES string of the molecule is CCc1ccccc1OCc1cc(Br)ccc1OC. The molecule has 0 spiro atoms. The predicted octanol–water partition coefficient (Wildman–Crippen LogP) is 4.60. The van der Waals surface area contributed by atoms with Gasteiger partial charge in [0.1, 0.15) is 18.1 Å². The summed E-state index contributed by atoms with van der Waals surface area (Å²) in [6.07, 6.45) is 0.964. The van der Waals surface area contributed by atoms with Gasteiger partial charge >= 0.3 is 0 Å². The highest BCUT2D eigenvalue weighted by molar-refractivity contribution is 9.10. The van der Waals surface area contributed by atoms with Gasteiger partial charge in [-0.15, -0.1) is 0 Å². The number of methoxy groups -OCH3 is 1. The maximum absolute atomic E-state index is 5.91. The molecule has 0 atom stereocenters. The number of halogens is 1. The van der Waals surface area contributed by atoms with Crippen molar-refractivity contribution < 1.29 is 9.47 Å². The molecule has 0 fully saturated rings. The van der Waals surface area contributed by atoms with Crippen LogP contribution in [0, 0.1) is 0 Å². The van der Waals surface area contributed by atoms with E-state index in [4.69, 9.17) is 9.47 Å². The summed E-state index contributed by atoms with van der Waals surface area (Å²) < 4.78 is 12.3. The van der Waals surface area contributed by atoms with E-state index in [0.717, 1.165) is 28.0 Å². The van der Waals surface area contributed by atoms with E-state index in [1.807, 2.05) is 36.4 Å². The predicted molar refractivity (Wildman–Crippen MR) is 80.8 cm³/mol. The van der Waals surface area contributed by atoms with Crippen LogP contribution in [0.4, 0.5) is 0 Å². The van der Waals surface area contributed by atoms with Gasteiger partial charge in [0.2, 0.25) is 0 Å². The van der Waals surface area contributed by atoms with Crippen LogP contribution >= 0.6 is 15.9 Å². The largest absolute Gasteiger partial charge is 0.496 e. The Hall–Kier alpha value is -1.48. The lowest BCUT2D eigenvalue weighted by atomic mass is 10.1. The molecule has 0 aromatic heterocycles. The third kappa shape index (κ3) is 3.51. The molecular weight excluding hydrogens is 304 g/mol. The molecule has 2 nitrogen and oxygen atoms in total. The standard InChI is InChI=1S/C16H17BrO2/c1-3-12-6-4-5-7-16(12)19-11-13-10-14(17)8-9-15(13)18-2/h4-10H,3,11H2,1-2H3. The summed E-state index contributed by atoms with van der Waals surface area (Å²) in [7, 11) is 1.67. The third-order valence-electron chi connectivity index (χ3n) is 2.98.